The molecule has 1 aromatic heterocycles. The van der Waals surface area contributed by atoms with Gasteiger partial charge in [-0.3, -0.25) is 14.4 Å². The zero-order valence-electron chi connectivity index (χ0n) is 22.4. The zero-order valence-corrected chi connectivity index (χ0v) is 22.4. The second-order valence-corrected chi connectivity index (χ2v) is 10.2. The number of hydrogen-bond acceptors (Lipinski definition) is 4. The molecule has 1 heterocycles. The fourth-order valence-electron chi connectivity index (χ4n) is 4.85. The third-order valence-corrected chi connectivity index (χ3v) is 7.21. The van der Waals surface area contributed by atoms with Crippen LogP contribution in [-0.4, -0.2) is 34.5 Å². The van der Waals surface area contributed by atoms with E-state index in [0.29, 0.717) is 25.7 Å². The first-order chi connectivity index (χ1) is 17.8. The van der Waals surface area contributed by atoms with Crippen LogP contribution in [0.1, 0.15) is 80.3 Å². The Morgan fingerprint density at radius 2 is 1.68 bits per heavy atom. The number of hydrogen-bond donors (Lipinski definition) is 3. The Labute approximate surface area is 220 Å². The number of nitrogens with one attached hydrogen (secondary N) is 2. The van der Waals surface area contributed by atoms with Crippen LogP contribution in [0.25, 0.3) is 10.9 Å². The standard InChI is InChI=1S/C31H41N3O3/c1-4-30(36)34-28(19-23-20-33-27-17-8-7-16-26(23)27)29(35)18-10-14-24(32)13-9-12-22(3)31(37)25-15-6-5-11-21(25)2/h5-8,11,15-17,20,22,24,28,33H,4,9-10,12-14,18-19,32H2,1-3H3,(H,34,36). The van der Waals surface area contributed by atoms with Gasteiger partial charge >= 0.3 is 0 Å². The predicted octanol–water partition coefficient (Wildman–Crippen LogP) is 5.67. The van der Waals surface area contributed by atoms with Crippen LogP contribution in [0.2, 0.25) is 0 Å². The molecule has 4 N–H and O–H groups in total. The van der Waals surface area contributed by atoms with Crippen LogP contribution in [0.3, 0.4) is 0 Å². The topological polar surface area (TPSA) is 105 Å². The van der Waals surface area contributed by atoms with E-state index in [1.165, 1.54) is 0 Å². The molecule has 0 radical (unpaired) electrons. The number of carbonyl (C=O) groups excluding carboxylic acids is 3. The van der Waals surface area contributed by atoms with Crippen molar-refractivity contribution in [3.63, 3.8) is 0 Å². The normalized spacial score (nSPS) is 13.7. The molecule has 3 aromatic rings. The molecular weight excluding hydrogens is 462 g/mol. The smallest absolute Gasteiger partial charge is 0.220 e. The van der Waals surface area contributed by atoms with Gasteiger partial charge in [0.25, 0.3) is 0 Å². The van der Waals surface area contributed by atoms with E-state index in [1.54, 1.807) is 6.92 Å². The molecule has 2 aromatic carbocycles. The van der Waals surface area contributed by atoms with Crippen molar-refractivity contribution in [1.29, 1.82) is 0 Å². The van der Waals surface area contributed by atoms with Crippen LogP contribution < -0.4 is 11.1 Å². The summed E-state index contributed by atoms with van der Waals surface area (Å²) in [4.78, 5) is 41.2. The maximum Gasteiger partial charge on any atom is 0.220 e. The van der Waals surface area contributed by atoms with Gasteiger partial charge in [0.2, 0.25) is 5.91 Å². The summed E-state index contributed by atoms with van der Waals surface area (Å²) in [5, 5.41) is 3.99. The Balaban J connectivity index is 1.44. The molecule has 0 fully saturated rings. The maximum atomic E-state index is 13.1. The monoisotopic (exact) mass is 503 g/mol. The highest BCUT2D eigenvalue weighted by molar-refractivity contribution is 5.98. The quantitative estimate of drug-likeness (QED) is 0.232. The van der Waals surface area contributed by atoms with Crippen LogP contribution in [0, 0.1) is 12.8 Å². The van der Waals surface area contributed by atoms with Crippen LogP contribution in [0.15, 0.2) is 54.7 Å². The number of carbonyl (C=O) groups is 3. The number of amides is 1. The number of aromatic amines is 1. The Kier molecular flexibility index (Phi) is 10.6. The van der Waals surface area contributed by atoms with Crippen molar-refractivity contribution in [2.75, 3.05) is 0 Å². The Morgan fingerprint density at radius 3 is 2.43 bits per heavy atom. The molecule has 1 amide bonds. The lowest BCUT2D eigenvalue weighted by molar-refractivity contribution is -0.127. The SMILES string of the molecule is CCC(=O)NC(Cc1c[nH]c2ccccc12)C(=O)CCCC(N)CCCC(C)C(=O)c1ccccc1C. The van der Waals surface area contributed by atoms with E-state index >= 15 is 0 Å². The number of para-hydroxylation sites is 1. The third-order valence-electron chi connectivity index (χ3n) is 7.21. The van der Waals surface area contributed by atoms with Crippen LogP contribution in [-0.2, 0) is 16.0 Å². The van der Waals surface area contributed by atoms with Gasteiger partial charge < -0.3 is 16.0 Å². The van der Waals surface area contributed by atoms with E-state index in [1.807, 2.05) is 68.6 Å². The summed E-state index contributed by atoms with van der Waals surface area (Å²) in [6, 6.07) is 15.1. The van der Waals surface area contributed by atoms with Gasteiger partial charge in [-0.2, -0.15) is 0 Å². The number of Topliss-reactive ketones (excluding diaryl/α,β-unsaturated/α-hetero) is 2. The Hall–Kier alpha value is -3.25. The van der Waals surface area contributed by atoms with E-state index in [2.05, 4.69) is 10.3 Å². The molecule has 3 atom stereocenters. The van der Waals surface area contributed by atoms with Gasteiger partial charge in [0.05, 0.1) is 6.04 Å². The molecule has 0 aliphatic rings. The molecule has 3 rings (SSSR count). The number of aromatic nitrogens is 1. The van der Waals surface area contributed by atoms with Gasteiger partial charge in [-0.1, -0.05) is 62.7 Å². The molecule has 0 aliphatic carbocycles. The summed E-state index contributed by atoms with van der Waals surface area (Å²) in [6.07, 6.45) is 7.04. The summed E-state index contributed by atoms with van der Waals surface area (Å²) in [7, 11) is 0. The average molecular weight is 504 g/mol. The van der Waals surface area contributed by atoms with Gasteiger partial charge in [0, 0.05) is 53.9 Å². The Bertz CT molecular complexity index is 1200. The number of ketones is 2. The van der Waals surface area contributed by atoms with Crippen molar-refractivity contribution in [3.05, 3.63) is 71.4 Å². The van der Waals surface area contributed by atoms with Crippen LogP contribution >= 0.6 is 0 Å². The Morgan fingerprint density at radius 1 is 0.973 bits per heavy atom. The minimum atomic E-state index is -0.545. The summed E-state index contributed by atoms with van der Waals surface area (Å²) in [5.41, 5.74) is 10.2. The van der Waals surface area contributed by atoms with E-state index in [9.17, 15) is 14.4 Å². The first-order valence-corrected chi connectivity index (χ1v) is 13.5. The van der Waals surface area contributed by atoms with Crippen molar-refractivity contribution in [2.45, 2.75) is 84.2 Å². The van der Waals surface area contributed by atoms with Crippen molar-refractivity contribution in [3.8, 4) is 0 Å². The van der Waals surface area contributed by atoms with Gasteiger partial charge in [-0.05, 0) is 49.8 Å². The van der Waals surface area contributed by atoms with Crippen molar-refractivity contribution < 1.29 is 14.4 Å². The number of rotatable bonds is 15. The van der Waals surface area contributed by atoms with Gasteiger partial charge in [0.1, 0.15) is 0 Å². The molecule has 198 valence electrons. The minimum Gasteiger partial charge on any atom is -0.361 e. The third kappa shape index (κ3) is 8.12. The van der Waals surface area contributed by atoms with Gasteiger partial charge in [-0.15, -0.1) is 0 Å². The summed E-state index contributed by atoms with van der Waals surface area (Å²) in [6.45, 7) is 5.74. The maximum absolute atomic E-state index is 13.1. The fourth-order valence-corrected chi connectivity index (χ4v) is 4.85. The molecule has 6 nitrogen and oxygen atoms in total. The molecule has 0 saturated carbocycles. The average Bonchev–Trinajstić information content (AvgIpc) is 3.30. The summed E-state index contributed by atoms with van der Waals surface area (Å²) < 4.78 is 0. The van der Waals surface area contributed by atoms with Gasteiger partial charge in [0.15, 0.2) is 11.6 Å². The lowest BCUT2D eigenvalue weighted by Crippen LogP contribution is -2.42. The second kappa shape index (κ2) is 13.9. The second-order valence-electron chi connectivity index (χ2n) is 10.2. The van der Waals surface area contributed by atoms with Crippen molar-refractivity contribution in [1.82, 2.24) is 10.3 Å². The highest BCUT2D eigenvalue weighted by atomic mass is 16.2. The van der Waals surface area contributed by atoms with E-state index in [0.717, 1.165) is 53.3 Å². The van der Waals surface area contributed by atoms with Crippen LogP contribution in [0.5, 0.6) is 0 Å². The lowest BCUT2D eigenvalue weighted by Gasteiger charge is -2.18. The molecule has 0 aliphatic heterocycles. The highest BCUT2D eigenvalue weighted by Gasteiger charge is 2.22. The number of nitrogens with two attached hydrogens (primary N) is 1. The number of fused-ring (bicyclic) bond motifs is 1. The van der Waals surface area contributed by atoms with Crippen molar-refractivity contribution >= 4 is 28.4 Å². The largest absolute Gasteiger partial charge is 0.361 e. The van der Waals surface area contributed by atoms with E-state index < -0.39 is 6.04 Å². The summed E-state index contributed by atoms with van der Waals surface area (Å²) in [5.74, 6) is 0.0657. The minimum absolute atomic E-state index is 0.00846. The predicted molar refractivity (Wildman–Crippen MR) is 150 cm³/mol. The molecule has 3 unspecified atom stereocenters. The molecule has 0 saturated heterocycles. The summed E-state index contributed by atoms with van der Waals surface area (Å²) >= 11 is 0. The first kappa shape index (κ1) is 28.3. The highest BCUT2D eigenvalue weighted by Crippen LogP contribution is 2.21. The molecule has 0 spiro atoms. The first-order valence-electron chi connectivity index (χ1n) is 13.5. The fraction of sp³-hybridized carbons (Fsp3) is 0.452. The molecular formula is C31H41N3O3. The molecule has 0 bridgehead atoms. The zero-order chi connectivity index (χ0) is 26.8. The molecule has 37 heavy (non-hydrogen) atoms. The van der Waals surface area contributed by atoms with E-state index in [-0.39, 0.29) is 29.4 Å². The molecule has 6 heteroatoms. The van der Waals surface area contributed by atoms with E-state index in [4.69, 9.17) is 5.73 Å². The number of benzene rings is 2. The van der Waals surface area contributed by atoms with Gasteiger partial charge in [-0.25, -0.2) is 0 Å². The lowest BCUT2D eigenvalue weighted by atomic mass is 9.91. The number of aryl methyl sites for hydroxylation is 1. The van der Waals surface area contributed by atoms with Crippen molar-refractivity contribution in [2.24, 2.45) is 11.7 Å². The van der Waals surface area contributed by atoms with Crippen LogP contribution in [0.4, 0.5) is 0 Å². The number of H-pyrrole nitrogens is 1.